The zero-order valence-electron chi connectivity index (χ0n) is 9.52. The minimum atomic E-state index is -2.54. The van der Waals surface area contributed by atoms with Gasteiger partial charge >= 0.3 is 0 Å². The Morgan fingerprint density at radius 1 is 1.35 bits per heavy atom. The fraction of sp³-hybridized carbons (Fsp3) is 0.500. The van der Waals surface area contributed by atoms with E-state index in [0.717, 1.165) is 6.42 Å². The van der Waals surface area contributed by atoms with E-state index in [1.807, 2.05) is 6.92 Å². The lowest BCUT2D eigenvalue weighted by Gasteiger charge is -2.18. The highest BCUT2D eigenvalue weighted by Crippen LogP contribution is 2.22. The van der Waals surface area contributed by atoms with Crippen molar-refractivity contribution in [2.75, 3.05) is 6.54 Å². The molecule has 1 aromatic rings. The molecule has 1 unspecified atom stereocenters. The van der Waals surface area contributed by atoms with Crippen molar-refractivity contribution in [3.63, 3.8) is 0 Å². The molecule has 0 bridgehead atoms. The van der Waals surface area contributed by atoms with Crippen molar-refractivity contribution in [3.05, 3.63) is 34.6 Å². The molecule has 1 rings (SSSR count). The van der Waals surface area contributed by atoms with Gasteiger partial charge in [-0.1, -0.05) is 24.6 Å². The van der Waals surface area contributed by atoms with Crippen LogP contribution in [0.15, 0.2) is 18.2 Å². The summed E-state index contributed by atoms with van der Waals surface area (Å²) in [4.78, 5) is 0. The molecular formula is C12H15ClF3N. The largest absolute Gasteiger partial charge is 0.309 e. The minimum absolute atomic E-state index is 0.108. The number of benzene rings is 1. The lowest BCUT2D eigenvalue weighted by Crippen LogP contribution is -2.38. The summed E-state index contributed by atoms with van der Waals surface area (Å²) < 4.78 is 38.9. The van der Waals surface area contributed by atoms with Gasteiger partial charge in [0.2, 0.25) is 0 Å². The van der Waals surface area contributed by atoms with E-state index in [4.69, 9.17) is 11.6 Å². The SMILES string of the molecule is CCCNC(Cc1c(F)cccc1Cl)C(F)F. The molecule has 0 fully saturated rings. The summed E-state index contributed by atoms with van der Waals surface area (Å²) in [5, 5.41) is 2.89. The van der Waals surface area contributed by atoms with Gasteiger partial charge in [0.25, 0.3) is 6.43 Å². The second-order valence-corrected chi connectivity index (χ2v) is 4.21. The lowest BCUT2D eigenvalue weighted by atomic mass is 10.1. The van der Waals surface area contributed by atoms with Crippen molar-refractivity contribution < 1.29 is 13.2 Å². The number of halogens is 4. The maximum atomic E-state index is 13.4. The van der Waals surface area contributed by atoms with E-state index in [1.54, 1.807) is 0 Å². The second-order valence-electron chi connectivity index (χ2n) is 3.80. The summed E-state index contributed by atoms with van der Waals surface area (Å²) in [6, 6.07) is 3.12. The van der Waals surface area contributed by atoms with Crippen LogP contribution in [0.25, 0.3) is 0 Å². The van der Waals surface area contributed by atoms with Gasteiger partial charge in [-0.15, -0.1) is 0 Å². The average Bonchev–Trinajstić information content (AvgIpc) is 2.27. The molecule has 5 heteroatoms. The Morgan fingerprint density at radius 3 is 2.59 bits per heavy atom. The van der Waals surface area contributed by atoms with Crippen molar-refractivity contribution in [1.29, 1.82) is 0 Å². The highest BCUT2D eigenvalue weighted by atomic mass is 35.5. The monoisotopic (exact) mass is 265 g/mol. The van der Waals surface area contributed by atoms with E-state index < -0.39 is 18.3 Å². The van der Waals surface area contributed by atoms with Gasteiger partial charge in [-0.05, 0) is 31.5 Å². The first-order valence-electron chi connectivity index (χ1n) is 5.50. The van der Waals surface area contributed by atoms with Crippen LogP contribution in [0.3, 0.4) is 0 Å². The molecule has 0 aliphatic rings. The number of rotatable bonds is 6. The molecule has 17 heavy (non-hydrogen) atoms. The van der Waals surface area contributed by atoms with Crippen LogP contribution >= 0.6 is 11.6 Å². The normalized spacial score (nSPS) is 13.1. The fourth-order valence-electron chi connectivity index (χ4n) is 1.53. The molecule has 1 aromatic carbocycles. The van der Waals surface area contributed by atoms with Crippen LogP contribution < -0.4 is 5.32 Å². The van der Waals surface area contributed by atoms with E-state index >= 15 is 0 Å². The van der Waals surface area contributed by atoms with Gasteiger partial charge in [0.1, 0.15) is 5.82 Å². The Hall–Kier alpha value is -0.740. The molecule has 0 spiro atoms. The molecule has 0 aliphatic heterocycles. The van der Waals surface area contributed by atoms with E-state index in [-0.39, 0.29) is 17.0 Å². The van der Waals surface area contributed by atoms with Crippen molar-refractivity contribution in [2.24, 2.45) is 0 Å². The zero-order valence-corrected chi connectivity index (χ0v) is 10.3. The quantitative estimate of drug-likeness (QED) is 0.828. The zero-order chi connectivity index (χ0) is 12.8. The van der Waals surface area contributed by atoms with Gasteiger partial charge < -0.3 is 5.32 Å². The predicted octanol–water partition coefficient (Wildman–Crippen LogP) is 3.65. The topological polar surface area (TPSA) is 12.0 Å². The fourth-order valence-corrected chi connectivity index (χ4v) is 1.77. The Labute approximate surface area is 104 Å². The summed E-state index contributed by atoms with van der Waals surface area (Å²) in [6.45, 7) is 2.35. The van der Waals surface area contributed by atoms with Crippen LogP contribution in [0.5, 0.6) is 0 Å². The van der Waals surface area contributed by atoms with Gasteiger partial charge in [0, 0.05) is 10.6 Å². The predicted molar refractivity (Wildman–Crippen MR) is 63.2 cm³/mol. The molecule has 0 saturated carbocycles. The number of hydrogen-bond donors (Lipinski definition) is 1. The Bertz CT molecular complexity index is 337. The van der Waals surface area contributed by atoms with E-state index in [1.165, 1.54) is 18.2 Å². The third-order valence-corrected chi connectivity index (χ3v) is 2.80. The minimum Gasteiger partial charge on any atom is -0.309 e. The average molecular weight is 266 g/mol. The molecule has 0 aliphatic carbocycles. The molecule has 0 saturated heterocycles. The first kappa shape index (κ1) is 14.3. The number of alkyl halides is 2. The molecule has 0 heterocycles. The third-order valence-electron chi connectivity index (χ3n) is 2.45. The van der Waals surface area contributed by atoms with Crippen LogP contribution in [-0.2, 0) is 6.42 Å². The molecule has 0 aromatic heterocycles. The van der Waals surface area contributed by atoms with Gasteiger partial charge in [-0.2, -0.15) is 0 Å². The highest BCUT2D eigenvalue weighted by Gasteiger charge is 2.22. The van der Waals surface area contributed by atoms with Crippen LogP contribution in [0.4, 0.5) is 13.2 Å². The summed E-state index contributed by atoms with van der Waals surface area (Å²) in [7, 11) is 0. The Balaban J connectivity index is 2.78. The van der Waals surface area contributed by atoms with E-state index in [0.29, 0.717) is 6.54 Å². The van der Waals surface area contributed by atoms with Gasteiger partial charge in [-0.3, -0.25) is 0 Å². The van der Waals surface area contributed by atoms with E-state index in [2.05, 4.69) is 5.32 Å². The molecule has 0 radical (unpaired) electrons. The van der Waals surface area contributed by atoms with Crippen LogP contribution in [0, 0.1) is 5.82 Å². The number of nitrogens with one attached hydrogen (secondary N) is 1. The summed E-state index contributed by atoms with van der Waals surface area (Å²) >= 11 is 5.80. The van der Waals surface area contributed by atoms with Gasteiger partial charge in [-0.25, -0.2) is 13.2 Å². The van der Waals surface area contributed by atoms with Crippen LogP contribution in [0.1, 0.15) is 18.9 Å². The maximum absolute atomic E-state index is 13.4. The van der Waals surface area contributed by atoms with Crippen molar-refractivity contribution in [2.45, 2.75) is 32.2 Å². The molecule has 1 atom stereocenters. The second kappa shape index (κ2) is 6.87. The first-order chi connectivity index (χ1) is 8.06. The van der Waals surface area contributed by atoms with E-state index in [9.17, 15) is 13.2 Å². The maximum Gasteiger partial charge on any atom is 0.254 e. The molecular weight excluding hydrogens is 251 g/mol. The molecule has 1 nitrogen and oxygen atoms in total. The molecule has 0 amide bonds. The van der Waals surface area contributed by atoms with Gasteiger partial charge in [0.15, 0.2) is 0 Å². The van der Waals surface area contributed by atoms with Crippen molar-refractivity contribution >= 4 is 11.6 Å². The Kier molecular flexibility index (Phi) is 5.78. The first-order valence-corrected chi connectivity index (χ1v) is 5.88. The van der Waals surface area contributed by atoms with Crippen LogP contribution in [-0.4, -0.2) is 19.0 Å². The van der Waals surface area contributed by atoms with Crippen LogP contribution in [0.2, 0.25) is 5.02 Å². The number of hydrogen-bond acceptors (Lipinski definition) is 1. The lowest BCUT2D eigenvalue weighted by molar-refractivity contribution is 0.0979. The Morgan fingerprint density at radius 2 is 2.06 bits per heavy atom. The summed E-state index contributed by atoms with van der Waals surface area (Å²) in [6.07, 6.45) is -1.91. The van der Waals surface area contributed by atoms with Crippen molar-refractivity contribution in [1.82, 2.24) is 5.32 Å². The standard InChI is InChI=1S/C12H15ClF3N/c1-2-6-17-11(12(15)16)7-8-9(13)4-3-5-10(8)14/h3-5,11-12,17H,2,6-7H2,1H3. The smallest absolute Gasteiger partial charge is 0.254 e. The molecule has 96 valence electrons. The third kappa shape index (κ3) is 4.21. The molecule has 1 N–H and O–H groups in total. The van der Waals surface area contributed by atoms with Crippen molar-refractivity contribution in [3.8, 4) is 0 Å². The summed E-state index contributed by atoms with van der Waals surface area (Å²) in [5.41, 5.74) is 0.142. The highest BCUT2D eigenvalue weighted by molar-refractivity contribution is 6.31. The summed E-state index contributed by atoms with van der Waals surface area (Å²) in [5.74, 6) is -0.540. The van der Waals surface area contributed by atoms with Gasteiger partial charge in [0.05, 0.1) is 6.04 Å².